The molecular weight excluding hydrogens is 652 g/mol. The van der Waals surface area contributed by atoms with E-state index in [-0.39, 0.29) is 30.2 Å². The van der Waals surface area contributed by atoms with Gasteiger partial charge < -0.3 is 29.5 Å². The predicted molar refractivity (Wildman–Crippen MR) is 195 cm³/mol. The van der Waals surface area contributed by atoms with Crippen molar-refractivity contribution >= 4 is 35.6 Å². The zero-order valence-corrected chi connectivity index (χ0v) is 32.9. The van der Waals surface area contributed by atoms with Gasteiger partial charge in [-0.3, -0.25) is 19.2 Å². The van der Waals surface area contributed by atoms with Crippen LogP contribution in [0, 0.1) is 41.9 Å². The summed E-state index contributed by atoms with van der Waals surface area (Å²) in [5, 5.41) is 2.88. The first-order chi connectivity index (χ1) is 24.0. The fourth-order valence-corrected chi connectivity index (χ4v) is 6.99. The highest BCUT2D eigenvalue weighted by atomic mass is 16.6. The van der Waals surface area contributed by atoms with Crippen molar-refractivity contribution in [2.75, 3.05) is 20.6 Å². The summed E-state index contributed by atoms with van der Waals surface area (Å²) < 4.78 is 12.2. The molecule has 0 bridgehead atoms. The topological polar surface area (TPSA) is 143 Å². The Labute approximate surface area is 306 Å². The first-order valence-electron chi connectivity index (χ1n) is 19.0. The minimum absolute atomic E-state index is 0.289. The molecule has 2 unspecified atom stereocenters. The van der Waals surface area contributed by atoms with E-state index in [4.69, 9.17) is 15.9 Å². The lowest BCUT2D eigenvalue weighted by atomic mass is 9.93. The maximum absolute atomic E-state index is 14.3. The normalized spacial score (nSPS) is 29.6. The Bertz CT molecular complexity index is 1280. The van der Waals surface area contributed by atoms with Crippen LogP contribution in [-0.4, -0.2) is 107 Å². The average Bonchev–Trinajstić information content (AvgIpc) is 3.60. The Morgan fingerprint density at radius 1 is 0.804 bits per heavy atom. The number of nitrogens with zero attached hydrogens (tertiary/aromatic N) is 3. The van der Waals surface area contributed by atoms with E-state index in [0.717, 1.165) is 0 Å². The van der Waals surface area contributed by atoms with Crippen LogP contribution in [0.4, 0.5) is 0 Å². The summed E-state index contributed by atoms with van der Waals surface area (Å²) in [6.07, 6.45) is 7.15. The average molecular weight is 717 g/mol. The number of nitrogens with one attached hydrogen (secondary N) is 1. The van der Waals surface area contributed by atoms with Crippen molar-refractivity contribution in [3.05, 3.63) is 0 Å². The third-order valence-corrected chi connectivity index (χ3v) is 11.1. The molecular formula is C39H64N4O8. The Morgan fingerprint density at radius 3 is 1.84 bits per heavy atom. The van der Waals surface area contributed by atoms with Crippen molar-refractivity contribution in [2.24, 2.45) is 29.6 Å². The van der Waals surface area contributed by atoms with Gasteiger partial charge in [0.15, 0.2) is 6.10 Å². The molecule has 12 heteroatoms. The first kappa shape index (κ1) is 43.5. The van der Waals surface area contributed by atoms with E-state index >= 15 is 0 Å². The zero-order chi connectivity index (χ0) is 38.7. The number of carbonyl (C=O) groups excluding carboxylic acids is 6. The Balaban J connectivity index is 2.79. The summed E-state index contributed by atoms with van der Waals surface area (Å²) in [4.78, 5) is 89.0. The molecule has 0 spiro atoms. The lowest BCUT2D eigenvalue weighted by Crippen LogP contribution is -2.58. The van der Waals surface area contributed by atoms with Gasteiger partial charge in [0.1, 0.15) is 30.3 Å². The number of hydrogen-bond donors (Lipinski definition) is 1. The van der Waals surface area contributed by atoms with Crippen molar-refractivity contribution < 1.29 is 38.2 Å². The van der Waals surface area contributed by atoms with Crippen LogP contribution in [0.5, 0.6) is 0 Å². The van der Waals surface area contributed by atoms with Gasteiger partial charge in [-0.2, -0.15) is 0 Å². The molecule has 0 radical (unpaired) electrons. The summed E-state index contributed by atoms with van der Waals surface area (Å²) in [7, 11) is 3.06. The van der Waals surface area contributed by atoms with Gasteiger partial charge in [0, 0.05) is 33.0 Å². The van der Waals surface area contributed by atoms with Gasteiger partial charge in [-0.05, 0) is 49.9 Å². The Morgan fingerprint density at radius 2 is 1.33 bits per heavy atom. The monoisotopic (exact) mass is 716 g/mol. The summed E-state index contributed by atoms with van der Waals surface area (Å²) >= 11 is 0. The van der Waals surface area contributed by atoms with Gasteiger partial charge in [-0.25, -0.2) is 9.59 Å². The smallest absolute Gasteiger partial charge is 0.329 e. The number of unbranched alkanes of at least 4 members (excludes halogenated alkanes) is 1. The lowest BCUT2D eigenvalue weighted by molar-refractivity contribution is -0.172. The highest BCUT2D eigenvalue weighted by molar-refractivity contribution is 5.95. The maximum Gasteiger partial charge on any atom is 0.329 e. The molecule has 0 aromatic carbocycles. The second-order valence-electron chi connectivity index (χ2n) is 15.1. The second kappa shape index (κ2) is 19.8. The predicted octanol–water partition coefficient (Wildman–Crippen LogP) is 4.19. The number of esters is 2. The van der Waals surface area contributed by atoms with Crippen molar-refractivity contribution in [3.8, 4) is 12.3 Å². The Kier molecular flexibility index (Phi) is 16.9. The standard InChI is InChI=1S/C39H64N4O8/c1-13-17-18-21-29-27(10)34(44)40-30(23(5)6)36(46)42(12)32(25(8)15-3)39(49)51-33(26(9)16-4)37(47)43-22-19-20-28(43)35(45)41(11)31(24(7)14-2)38(48)50-29/h1,23-33H,14-22H2,2-12H3,(H,40,44)/t24?,25?,26-,27-,28-,29+,30-,31-,32+,33-/m0/s1. The highest BCUT2D eigenvalue weighted by Crippen LogP contribution is 2.29. The van der Waals surface area contributed by atoms with Gasteiger partial charge in [0.2, 0.25) is 17.7 Å². The molecule has 288 valence electrons. The summed E-state index contributed by atoms with van der Waals surface area (Å²) in [6, 6.07) is -3.92. The SMILES string of the molecule is C#CCCC[C@H]1OC(=O)[C@H](C(C)CC)N(C)C(=O)[C@@H]2CCCN2C(=O)[C@H]([C@@H](C)CC)OC(=O)[C@@H](C(C)CC)N(C)C(=O)[C@H](C(C)C)NC(=O)[C@H]1C. The van der Waals surface area contributed by atoms with Gasteiger partial charge >= 0.3 is 11.9 Å². The maximum atomic E-state index is 14.3. The molecule has 0 saturated carbocycles. The van der Waals surface area contributed by atoms with E-state index in [9.17, 15) is 28.8 Å². The molecule has 2 aliphatic heterocycles. The van der Waals surface area contributed by atoms with E-state index in [1.54, 1.807) is 27.8 Å². The number of rotatable bonds is 10. The van der Waals surface area contributed by atoms with Crippen molar-refractivity contribution in [1.29, 1.82) is 0 Å². The summed E-state index contributed by atoms with van der Waals surface area (Å²) in [6.45, 7) is 16.7. The van der Waals surface area contributed by atoms with Gasteiger partial charge in [-0.1, -0.05) is 75.2 Å². The molecule has 2 saturated heterocycles. The molecule has 0 aromatic rings. The number of likely N-dealkylation sites (N-methyl/N-ethyl adjacent to an activating group) is 2. The van der Waals surface area contributed by atoms with Crippen LogP contribution >= 0.6 is 0 Å². The van der Waals surface area contributed by atoms with E-state index in [0.29, 0.717) is 51.4 Å². The number of terminal acetylenes is 1. The largest absolute Gasteiger partial charge is 0.460 e. The van der Waals surface area contributed by atoms with Crippen LogP contribution in [0.3, 0.4) is 0 Å². The van der Waals surface area contributed by atoms with Gasteiger partial charge in [0.05, 0.1) is 5.92 Å². The number of ether oxygens (including phenoxy) is 2. The van der Waals surface area contributed by atoms with Crippen molar-refractivity contribution in [2.45, 2.75) is 150 Å². The van der Waals surface area contributed by atoms with Crippen molar-refractivity contribution in [1.82, 2.24) is 20.0 Å². The third kappa shape index (κ3) is 10.5. The minimum atomic E-state index is -1.20. The van der Waals surface area contributed by atoms with Crippen LogP contribution in [0.15, 0.2) is 0 Å². The number of fused-ring (bicyclic) bond motifs is 1. The van der Waals surface area contributed by atoms with Crippen molar-refractivity contribution in [3.63, 3.8) is 0 Å². The third-order valence-electron chi connectivity index (χ3n) is 11.1. The number of carbonyl (C=O) groups is 6. The summed E-state index contributed by atoms with van der Waals surface area (Å²) in [5.74, 6) is -2.94. The minimum Gasteiger partial charge on any atom is -0.460 e. The molecule has 0 aromatic heterocycles. The van der Waals surface area contributed by atoms with E-state index in [1.165, 1.54) is 21.7 Å². The number of amides is 4. The number of hydrogen-bond acceptors (Lipinski definition) is 8. The molecule has 0 aliphatic carbocycles. The van der Waals surface area contributed by atoms with Crippen LogP contribution in [0.25, 0.3) is 0 Å². The molecule has 12 nitrogen and oxygen atoms in total. The first-order valence-corrected chi connectivity index (χ1v) is 19.0. The molecule has 2 rings (SSSR count). The molecule has 2 aliphatic rings. The van der Waals surface area contributed by atoms with Gasteiger partial charge in [-0.15, -0.1) is 12.3 Å². The lowest BCUT2D eigenvalue weighted by Gasteiger charge is -2.37. The van der Waals surface area contributed by atoms with Crippen LogP contribution in [-0.2, 0) is 38.2 Å². The molecule has 4 amide bonds. The summed E-state index contributed by atoms with van der Waals surface area (Å²) in [5.41, 5.74) is 0. The van der Waals surface area contributed by atoms with Crippen LogP contribution in [0.1, 0.15) is 114 Å². The molecule has 51 heavy (non-hydrogen) atoms. The van der Waals surface area contributed by atoms with Crippen LogP contribution in [0.2, 0.25) is 0 Å². The fourth-order valence-electron chi connectivity index (χ4n) is 6.99. The molecule has 10 atom stereocenters. The quantitative estimate of drug-likeness (QED) is 0.202. The fraction of sp³-hybridized carbons (Fsp3) is 0.795. The Hall–Kier alpha value is -3.62. The zero-order valence-electron chi connectivity index (χ0n) is 32.9. The molecule has 1 N–H and O–H groups in total. The molecule has 2 fully saturated rings. The van der Waals surface area contributed by atoms with E-state index in [2.05, 4.69) is 11.2 Å². The van der Waals surface area contributed by atoms with Gasteiger partial charge in [0.25, 0.3) is 5.91 Å². The highest BCUT2D eigenvalue weighted by Gasteiger charge is 2.46. The van der Waals surface area contributed by atoms with E-state index < -0.39 is 77.9 Å². The van der Waals surface area contributed by atoms with Crippen LogP contribution < -0.4 is 5.32 Å². The number of cyclic esters (lactones) is 2. The van der Waals surface area contributed by atoms with E-state index in [1.807, 2.05) is 41.5 Å². The molecule has 2 heterocycles. The second-order valence-corrected chi connectivity index (χ2v) is 15.1.